The van der Waals surface area contributed by atoms with Crippen molar-refractivity contribution in [1.82, 2.24) is 5.32 Å². The number of carbonyl (C=O) groups is 1. The fourth-order valence-corrected chi connectivity index (χ4v) is 6.84. The number of aliphatic hydroxyl groups excluding tert-OH is 3. The molecule has 5 nitrogen and oxygen atoms in total. The van der Waals surface area contributed by atoms with E-state index >= 15 is 0 Å². The molecule has 0 aromatic heterocycles. The van der Waals surface area contributed by atoms with Crippen LogP contribution in [0.5, 0.6) is 0 Å². The lowest BCUT2D eigenvalue weighted by molar-refractivity contribution is -0.123. The number of nitrogens with one attached hydrogen (secondary N) is 1. The molecule has 47 heavy (non-hydrogen) atoms. The number of rotatable bonds is 39. The second-order valence-electron chi connectivity index (χ2n) is 14.9. The molecule has 0 aromatic carbocycles. The van der Waals surface area contributed by atoms with Gasteiger partial charge in [-0.25, -0.2) is 0 Å². The number of carbonyl (C=O) groups excluding carboxylic acids is 1. The molecule has 0 aromatic rings. The molecular formula is C42H85NO4. The van der Waals surface area contributed by atoms with Crippen LogP contribution in [0, 0.1) is 0 Å². The van der Waals surface area contributed by atoms with Gasteiger partial charge in [-0.05, 0) is 25.7 Å². The number of aliphatic hydroxyl groups is 3. The first-order valence-corrected chi connectivity index (χ1v) is 21.3. The summed E-state index contributed by atoms with van der Waals surface area (Å²) in [5, 5.41) is 33.4. The molecule has 282 valence electrons. The molecule has 0 saturated carbocycles. The average molecular weight is 668 g/mol. The fraction of sp³-hybridized carbons (Fsp3) is 0.976. The third kappa shape index (κ3) is 35.0. The van der Waals surface area contributed by atoms with Crippen LogP contribution in [0.2, 0.25) is 0 Å². The van der Waals surface area contributed by atoms with Gasteiger partial charge >= 0.3 is 0 Å². The summed E-state index contributed by atoms with van der Waals surface area (Å²) in [5.74, 6) is -0.0909. The molecule has 3 atom stereocenters. The maximum Gasteiger partial charge on any atom is 0.220 e. The van der Waals surface area contributed by atoms with Crippen LogP contribution >= 0.6 is 0 Å². The van der Waals surface area contributed by atoms with Crippen LogP contribution in [-0.4, -0.2) is 46.1 Å². The quantitative estimate of drug-likeness (QED) is 0.0491. The maximum atomic E-state index is 12.4. The van der Waals surface area contributed by atoms with Crippen LogP contribution in [0.3, 0.4) is 0 Å². The molecule has 0 saturated heterocycles. The minimum atomic E-state index is -0.828. The highest BCUT2D eigenvalue weighted by atomic mass is 16.3. The smallest absolute Gasteiger partial charge is 0.220 e. The first kappa shape index (κ1) is 46.4. The Morgan fingerprint density at radius 2 is 0.766 bits per heavy atom. The Bertz CT molecular complexity index is 615. The Labute approximate surface area is 294 Å². The molecule has 4 N–H and O–H groups in total. The number of hydrogen-bond acceptors (Lipinski definition) is 4. The summed E-state index contributed by atoms with van der Waals surface area (Å²) in [4.78, 5) is 12.4. The molecule has 1 amide bonds. The van der Waals surface area contributed by atoms with Gasteiger partial charge in [0, 0.05) is 6.42 Å². The van der Waals surface area contributed by atoms with E-state index in [4.69, 9.17) is 0 Å². The second kappa shape index (κ2) is 38.2. The van der Waals surface area contributed by atoms with Gasteiger partial charge in [0.15, 0.2) is 0 Å². The number of amides is 1. The van der Waals surface area contributed by atoms with E-state index in [0.29, 0.717) is 19.3 Å². The van der Waals surface area contributed by atoms with Gasteiger partial charge in [0.05, 0.1) is 24.9 Å². The molecule has 0 radical (unpaired) electrons. The average Bonchev–Trinajstić information content (AvgIpc) is 3.07. The molecule has 0 aliphatic rings. The van der Waals surface area contributed by atoms with Crippen LogP contribution < -0.4 is 5.32 Å². The van der Waals surface area contributed by atoms with Gasteiger partial charge in [-0.1, -0.05) is 206 Å². The van der Waals surface area contributed by atoms with E-state index < -0.39 is 18.2 Å². The zero-order valence-electron chi connectivity index (χ0n) is 31.9. The third-order valence-electron chi connectivity index (χ3n) is 10.2. The molecule has 5 heteroatoms. The van der Waals surface area contributed by atoms with Crippen LogP contribution in [-0.2, 0) is 4.79 Å². The summed E-state index contributed by atoms with van der Waals surface area (Å²) < 4.78 is 0. The van der Waals surface area contributed by atoms with Crippen molar-refractivity contribution in [1.29, 1.82) is 0 Å². The Kier molecular flexibility index (Phi) is 37.6. The maximum absolute atomic E-state index is 12.4. The van der Waals surface area contributed by atoms with E-state index in [9.17, 15) is 20.1 Å². The van der Waals surface area contributed by atoms with Crippen molar-refractivity contribution in [3.63, 3.8) is 0 Å². The molecule has 0 rings (SSSR count). The van der Waals surface area contributed by atoms with Crippen molar-refractivity contribution < 1.29 is 20.1 Å². The fourth-order valence-electron chi connectivity index (χ4n) is 6.84. The Morgan fingerprint density at radius 1 is 0.447 bits per heavy atom. The van der Waals surface area contributed by atoms with Crippen molar-refractivity contribution in [3.05, 3.63) is 0 Å². The predicted octanol–water partition coefficient (Wildman–Crippen LogP) is 11.9. The first-order valence-electron chi connectivity index (χ1n) is 21.3. The number of hydrogen-bond donors (Lipinski definition) is 4. The summed E-state index contributed by atoms with van der Waals surface area (Å²) in [6.45, 7) is 4.26. The first-order chi connectivity index (χ1) is 23.0. The topological polar surface area (TPSA) is 89.8 Å². The third-order valence-corrected chi connectivity index (χ3v) is 10.2. The van der Waals surface area contributed by atoms with Crippen molar-refractivity contribution >= 4 is 5.91 Å². The van der Waals surface area contributed by atoms with Crippen molar-refractivity contribution in [2.45, 2.75) is 257 Å². The molecule has 0 heterocycles. The minimum Gasteiger partial charge on any atom is -0.394 e. The second-order valence-corrected chi connectivity index (χ2v) is 14.9. The Balaban J connectivity index is 3.55. The predicted molar refractivity (Wildman–Crippen MR) is 204 cm³/mol. The summed E-state index contributed by atoms with van der Waals surface area (Å²) in [6, 6.07) is -0.651. The van der Waals surface area contributed by atoms with Crippen molar-refractivity contribution in [2.24, 2.45) is 0 Å². The molecule has 0 bridgehead atoms. The molecule has 0 spiro atoms. The van der Waals surface area contributed by atoms with Crippen molar-refractivity contribution in [3.8, 4) is 0 Å². The van der Waals surface area contributed by atoms with Crippen LogP contribution in [0.1, 0.15) is 239 Å². The van der Waals surface area contributed by atoms with Crippen LogP contribution in [0.25, 0.3) is 0 Å². The van der Waals surface area contributed by atoms with E-state index in [1.165, 1.54) is 173 Å². The number of unbranched alkanes of at least 4 members (excludes halogenated alkanes) is 29. The summed E-state index contributed by atoms with van der Waals surface area (Å²) in [7, 11) is 0. The normalized spacial score (nSPS) is 13.6. The molecule has 0 aliphatic heterocycles. The molecule has 0 unspecified atom stereocenters. The monoisotopic (exact) mass is 668 g/mol. The van der Waals surface area contributed by atoms with E-state index in [-0.39, 0.29) is 12.5 Å². The van der Waals surface area contributed by atoms with Crippen molar-refractivity contribution in [2.75, 3.05) is 6.61 Å². The SMILES string of the molecule is CCCCCCCCCCCCCCCCCCCCCCCC(=O)N[C@@H](CO)[C@H](O)CC[C@H](O)CCCCCCCCCCCC. The van der Waals surface area contributed by atoms with Gasteiger partial charge in [-0.15, -0.1) is 0 Å². The zero-order chi connectivity index (χ0) is 34.5. The Morgan fingerprint density at radius 3 is 1.11 bits per heavy atom. The lowest BCUT2D eigenvalue weighted by Gasteiger charge is -2.23. The van der Waals surface area contributed by atoms with E-state index in [1.54, 1.807) is 0 Å². The van der Waals surface area contributed by atoms with Gasteiger partial charge in [-0.2, -0.15) is 0 Å². The summed E-state index contributed by atoms with van der Waals surface area (Å²) >= 11 is 0. The highest BCUT2D eigenvalue weighted by Gasteiger charge is 2.21. The van der Waals surface area contributed by atoms with Gasteiger partial charge < -0.3 is 20.6 Å². The van der Waals surface area contributed by atoms with Gasteiger partial charge in [0.2, 0.25) is 5.91 Å². The largest absolute Gasteiger partial charge is 0.394 e. The van der Waals surface area contributed by atoms with E-state index in [2.05, 4.69) is 19.2 Å². The van der Waals surface area contributed by atoms with E-state index in [0.717, 1.165) is 32.1 Å². The highest BCUT2D eigenvalue weighted by Crippen LogP contribution is 2.17. The lowest BCUT2D eigenvalue weighted by Crippen LogP contribution is -2.46. The van der Waals surface area contributed by atoms with Crippen LogP contribution in [0.4, 0.5) is 0 Å². The molecule has 0 fully saturated rings. The lowest BCUT2D eigenvalue weighted by atomic mass is 9.99. The highest BCUT2D eigenvalue weighted by molar-refractivity contribution is 5.76. The minimum absolute atomic E-state index is 0.0909. The summed E-state index contributed by atoms with van der Waals surface area (Å²) in [6.07, 6.45) is 41.9. The van der Waals surface area contributed by atoms with Crippen LogP contribution in [0.15, 0.2) is 0 Å². The van der Waals surface area contributed by atoms with Gasteiger partial charge in [0.1, 0.15) is 0 Å². The standard InChI is InChI=1S/C42H85NO4/c1-3-5-7-9-11-13-15-16-17-18-19-20-21-22-23-24-25-27-29-31-33-35-42(47)43-40(38-44)41(46)37-36-39(45)34-32-30-28-26-14-12-10-8-6-4-2/h39-41,44-46H,3-38H2,1-2H3,(H,43,47)/t39-,40+,41-/m1/s1. The van der Waals surface area contributed by atoms with Gasteiger partial charge in [0.25, 0.3) is 0 Å². The molecular weight excluding hydrogens is 582 g/mol. The Hall–Kier alpha value is -0.650. The molecule has 0 aliphatic carbocycles. The van der Waals surface area contributed by atoms with Gasteiger partial charge in [-0.3, -0.25) is 4.79 Å². The summed E-state index contributed by atoms with van der Waals surface area (Å²) in [5.41, 5.74) is 0. The van der Waals surface area contributed by atoms with E-state index in [1.807, 2.05) is 0 Å². The zero-order valence-corrected chi connectivity index (χ0v) is 31.9.